The number of carbonyl (C=O) groups is 1. The molecule has 0 radical (unpaired) electrons. The molecule has 0 aromatic heterocycles. The predicted molar refractivity (Wildman–Crippen MR) is 87.9 cm³/mol. The Morgan fingerprint density at radius 3 is 2.59 bits per heavy atom. The van der Waals surface area contributed by atoms with Crippen molar-refractivity contribution < 1.29 is 9.18 Å². The summed E-state index contributed by atoms with van der Waals surface area (Å²) in [6.07, 6.45) is 0. The Hall–Kier alpha value is -1.62. The predicted octanol–water partition coefficient (Wildman–Crippen LogP) is 4.42. The molecule has 0 bridgehead atoms. The van der Waals surface area contributed by atoms with E-state index >= 15 is 0 Å². The summed E-state index contributed by atoms with van der Waals surface area (Å²) in [7, 11) is 0. The van der Waals surface area contributed by atoms with Gasteiger partial charge in [0, 0.05) is 16.8 Å². The lowest BCUT2D eigenvalue weighted by molar-refractivity contribution is -0.115. The molecule has 0 saturated heterocycles. The van der Waals surface area contributed by atoms with Gasteiger partial charge in [-0.3, -0.25) is 4.79 Å². The Labute approximate surface area is 138 Å². The van der Waals surface area contributed by atoms with E-state index in [0.717, 1.165) is 5.56 Å². The third-order valence-electron chi connectivity index (χ3n) is 3.14. The van der Waals surface area contributed by atoms with E-state index in [-0.39, 0.29) is 23.5 Å². The van der Waals surface area contributed by atoms with Crippen molar-refractivity contribution in [2.45, 2.75) is 13.0 Å². The number of anilines is 1. The van der Waals surface area contributed by atoms with Crippen molar-refractivity contribution in [2.24, 2.45) is 0 Å². The van der Waals surface area contributed by atoms with E-state index < -0.39 is 5.82 Å². The molecule has 0 unspecified atom stereocenters. The fourth-order valence-corrected chi connectivity index (χ4v) is 2.44. The quantitative estimate of drug-likeness (QED) is 0.845. The van der Waals surface area contributed by atoms with E-state index in [4.69, 9.17) is 23.2 Å². The van der Waals surface area contributed by atoms with Crippen LogP contribution in [0.2, 0.25) is 10.0 Å². The first-order valence-electron chi connectivity index (χ1n) is 6.70. The van der Waals surface area contributed by atoms with Gasteiger partial charge < -0.3 is 10.6 Å². The van der Waals surface area contributed by atoms with Gasteiger partial charge in [-0.05, 0) is 36.8 Å². The highest BCUT2D eigenvalue weighted by Gasteiger charge is 2.11. The van der Waals surface area contributed by atoms with Gasteiger partial charge in [0.1, 0.15) is 5.82 Å². The van der Waals surface area contributed by atoms with Gasteiger partial charge in [0.15, 0.2) is 0 Å². The second-order valence-electron chi connectivity index (χ2n) is 4.80. The minimum atomic E-state index is -0.523. The maximum absolute atomic E-state index is 13.0. The fourth-order valence-electron chi connectivity index (χ4n) is 1.96. The van der Waals surface area contributed by atoms with Gasteiger partial charge in [-0.25, -0.2) is 4.39 Å². The van der Waals surface area contributed by atoms with Gasteiger partial charge in [-0.1, -0.05) is 41.4 Å². The number of hydrogen-bond acceptors (Lipinski definition) is 2. The van der Waals surface area contributed by atoms with Gasteiger partial charge >= 0.3 is 0 Å². The molecule has 1 amide bonds. The maximum Gasteiger partial charge on any atom is 0.238 e. The number of benzene rings is 2. The van der Waals surface area contributed by atoms with E-state index in [1.54, 1.807) is 6.07 Å². The third-order valence-corrected chi connectivity index (χ3v) is 3.78. The van der Waals surface area contributed by atoms with Crippen molar-refractivity contribution in [1.82, 2.24) is 5.32 Å². The molecule has 22 heavy (non-hydrogen) atoms. The van der Waals surface area contributed by atoms with E-state index in [0.29, 0.717) is 10.7 Å². The number of hydrogen-bond donors (Lipinski definition) is 2. The van der Waals surface area contributed by atoms with Crippen LogP contribution in [0, 0.1) is 5.82 Å². The molecule has 116 valence electrons. The van der Waals surface area contributed by atoms with Crippen LogP contribution in [-0.2, 0) is 4.79 Å². The van der Waals surface area contributed by atoms with Crippen molar-refractivity contribution in [3.63, 3.8) is 0 Å². The number of rotatable bonds is 5. The summed E-state index contributed by atoms with van der Waals surface area (Å²) in [6, 6.07) is 11.4. The minimum absolute atomic E-state index is 0.0322. The molecule has 0 heterocycles. The minimum Gasteiger partial charge on any atom is -0.325 e. The largest absolute Gasteiger partial charge is 0.325 e. The van der Waals surface area contributed by atoms with E-state index in [9.17, 15) is 9.18 Å². The van der Waals surface area contributed by atoms with Crippen LogP contribution in [-0.4, -0.2) is 12.5 Å². The highest BCUT2D eigenvalue weighted by molar-refractivity contribution is 6.31. The molecule has 6 heteroatoms. The van der Waals surface area contributed by atoms with Gasteiger partial charge in [-0.15, -0.1) is 0 Å². The van der Waals surface area contributed by atoms with Crippen LogP contribution in [0.25, 0.3) is 0 Å². The number of nitrogens with one attached hydrogen (secondary N) is 2. The Bertz CT molecular complexity index is 679. The Morgan fingerprint density at radius 2 is 1.91 bits per heavy atom. The molecule has 1 atom stereocenters. The van der Waals surface area contributed by atoms with Crippen LogP contribution in [0.4, 0.5) is 10.1 Å². The Kier molecular flexibility index (Phi) is 5.77. The Morgan fingerprint density at radius 1 is 1.18 bits per heavy atom. The summed E-state index contributed by atoms with van der Waals surface area (Å²) < 4.78 is 13.0. The average Bonchev–Trinajstić information content (AvgIpc) is 2.49. The van der Waals surface area contributed by atoms with Crippen LogP contribution in [0.1, 0.15) is 18.5 Å². The molecule has 2 aromatic rings. The summed E-state index contributed by atoms with van der Waals surface area (Å²) in [5.74, 6) is -0.772. The van der Waals surface area contributed by atoms with Crippen LogP contribution in [0.3, 0.4) is 0 Å². The molecule has 0 aliphatic carbocycles. The second kappa shape index (κ2) is 7.58. The number of amides is 1. The summed E-state index contributed by atoms with van der Waals surface area (Å²) in [4.78, 5) is 11.9. The molecule has 0 spiro atoms. The van der Waals surface area contributed by atoms with Crippen molar-refractivity contribution in [2.75, 3.05) is 11.9 Å². The van der Waals surface area contributed by atoms with Crippen molar-refractivity contribution in [3.8, 4) is 0 Å². The lowest BCUT2D eigenvalue weighted by atomic mass is 10.1. The molecule has 3 nitrogen and oxygen atoms in total. The van der Waals surface area contributed by atoms with Crippen molar-refractivity contribution >= 4 is 34.8 Å². The zero-order valence-corrected chi connectivity index (χ0v) is 13.4. The van der Waals surface area contributed by atoms with Crippen LogP contribution in [0.15, 0.2) is 42.5 Å². The standard InChI is InChI=1S/C16H15Cl2FN2O/c1-10(12-4-2-3-5-13(12)17)20-9-16(22)21-11-6-7-15(19)14(18)8-11/h2-8,10,20H,9H2,1H3,(H,21,22)/t10-/m1/s1. The first kappa shape index (κ1) is 16.7. The summed E-state index contributed by atoms with van der Waals surface area (Å²) in [5, 5.41) is 6.34. The van der Waals surface area contributed by atoms with Crippen molar-refractivity contribution in [3.05, 3.63) is 63.9 Å². The SMILES string of the molecule is C[C@@H](NCC(=O)Nc1ccc(F)c(Cl)c1)c1ccccc1Cl. The Balaban J connectivity index is 1.90. The second-order valence-corrected chi connectivity index (χ2v) is 5.62. The molecule has 2 N–H and O–H groups in total. The van der Waals surface area contributed by atoms with Gasteiger partial charge in [0.25, 0.3) is 0 Å². The first-order chi connectivity index (χ1) is 10.5. The lowest BCUT2D eigenvalue weighted by Crippen LogP contribution is -2.30. The maximum atomic E-state index is 13.0. The number of carbonyl (C=O) groups excluding carboxylic acids is 1. The normalized spacial score (nSPS) is 12.0. The summed E-state index contributed by atoms with van der Waals surface area (Å²) in [5.41, 5.74) is 1.37. The molecule has 0 aliphatic heterocycles. The molecule has 2 aromatic carbocycles. The average molecular weight is 341 g/mol. The van der Waals surface area contributed by atoms with Crippen LogP contribution >= 0.6 is 23.2 Å². The highest BCUT2D eigenvalue weighted by atomic mass is 35.5. The molecule has 0 fully saturated rings. The highest BCUT2D eigenvalue weighted by Crippen LogP contribution is 2.22. The fraction of sp³-hybridized carbons (Fsp3) is 0.188. The molecular formula is C16H15Cl2FN2O. The van der Waals surface area contributed by atoms with Gasteiger partial charge in [-0.2, -0.15) is 0 Å². The zero-order valence-electron chi connectivity index (χ0n) is 11.9. The smallest absolute Gasteiger partial charge is 0.238 e. The molecular weight excluding hydrogens is 326 g/mol. The summed E-state index contributed by atoms with van der Waals surface area (Å²) >= 11 is 11.8. The zero-order chi connectivity index (χ0) is 16.1. The summed E-state index contributed by atoms with van der Waals surface area (Å²) in [6.45, 7) is 2.02. The van der Waals surface area contributed by atoms with E-state index in [2.05, 4.69) is 10.6 Å². The molecule has 0 aliphatic rings. The van der Waals surface area contributed by atoms with E-state index in [1.807, 2.05) is 25.1 Å². The number of halogens is 3. The van der Waals surface area contributed by atoms with Crippen molar-refractivity contribution in [1.29, 1.82) is 0 Å². The van der Waals surface area contributed by atoms with Gasteiger partial charge in [0.2, 0.25) is 5.91 Å². The first-order valence-corrected chi connectivity index (χ1v) is 7.45. The molecule has 2 rings (SSSR count). The topological polar surface area (TPSA) is 41.1 Å². The van der Waals surface area contributed by atoms with Crippen LogP contribution in [0.5, 0.6) is 0 Å². The monoisotopic (exact) mass is 340 g/mol. The third kappa shape index (κ3) is 4.44. The van der Waals surface area contributed by atoms with Gasteiger partial charge in [0.05, 0.1) is 11.6 Å². The lowest BCUT2D eigenvalue weighted by Gasteiger charge is -2.15. The van der Waals surface area contributed by atoms with Crippen LogP contribution < -0.4 is 10.6 Å². The molecule has 0 saturated carbocycles. The van der Waals surface area contributed by atoms with E-state index in [1.165, 1.54) is 18.2 Å².